The average Bonchev–Trinajstić information content (AvgIpc) is 2.72. The van der Waals surface area contributed by atoms with Gasteiger partial charge in [0.1, 0.15) is 10.7 Å². The van der Waals surface area contributed by atoms with Crippen molar-refractivity contribution in [2.24, 2.45) is 11.8 Å². The van der Waals surface area contributed by atoms with Gasteiger partial charge in [-0.1, -0.05) is 6.92 Å². The first-order valence-corrected chi connectivity index (χ1v) is 7.10. The molecule has 0 amide bonds. The number of pyridine rings is 1. The van der Waals surface area contributed by atoms with Crippen molar-refractivity contribution in [3.8, 4) is 0 Å². The van der Waals surface area contributed by atoms with Gasteiger partial charge in [0, 0.05) is 19.3 Å². The molecule has 1 aliphatic rings. The molecular weight excluding hydrogens is 275 g/mol. The molecule has 0 saturated carbocycles. The standard InChI is InChI=1S/C11H13FN2O4S/c1-7-5-14(6-10(7)11(15)16)19(17,18)9-2-8(12)3-13-4-9/h2-4,7,10H,5-6H2,1H3,(H,15,16)/t7-,10-/m1/s1. The van der Waals surface area contributed by atoms with Crippen LogP contribution in [0.25, 0.3) is 0 Å². The summed E-state index contributed by atoms with van der Waals surface area (Å²) in [6, 6.07) is 0.876. The molecule has 2 rings (SSSR count). The maximum absolute atomic E-state index is 13.0. The van der Waals surface area contributed by atoms with Crippen LogP contribution < -0.4 is 0 Å². The van der Waals surface area contributed by atoms with E-state index < -0.39 is 27.7 Å². The van der Waals surface area contributed by atoms with Crippen molar-refractivity contribution in [2.75, 3.05) is 13.1 Å². The fourth-order valence-corrected chi connectivity index (χ4v) is 3.66. The second-order valence-electron chi connectivity index (χ2n) is 4.58. The molecule has 1 fully saturated rings. The average molecular weight is 288 g/mol. The maximum Gasteiger partial charge on any atom is 0.308 e. The molecule has 8 heteroatoms. The number of hydrogen-bond donors (Lipinski definition) is 1. The van der Waals surface area contributed by atoms with Crippen LogP contribution in [0.2, 0.25) is 0 Å². The van der Waals surface area contributed by atoms with Crippen molar-refractivity contribution in [1.82, 2.24) is 9.29 Å². The van der Waals surface area contributed by atoms with E-state index in [1.807, 2.05) is 0 Å². The van der Waals surface area contributed by atoms with Gasteiger partial charge in [-0.25, -0.2) is 12.8 Å². The zero-order valence-electron chi connectivity index (χ0n) is 10.2. The van der Waals surface area contributed by atoms with E-state index in [1.54, 1.807) is 6.92 Å². The van der Waals surface area contributed by atoms with E-state index in [0.29, 0.717) is 0 Å². The topological polar surface area (TPSA) is 87.6 Å². The van der Waals surface area contributed by atoms with Gasteiger partial charge in [0.05, 0.1) is 12.1 Å². The van der Waals surface area contributed by atoms with Crippen LogP contribution >= 0.6 is 0 Å². The molecule has 1 aromatic rings. The Morgan fingerprint density at radius 2 is 2.16 bits per heavy atom. The summed E-state index contributed by atoms with van der Waals surface area (Å²) in [6.07, 6.45) is 1.96. The molecule has 0 aliphatic carbocycles. The quantitative estimate of drug-likeness (QED) is 0.878. The molecule has 0 aromatic carbocycles. The molecule has 1 aliphatic heterocycles. The molecule has 0 spiro atoms. The van der Waals surface area contributed by atoms with Gasteiger partial charge in [-0.3, -0.25) is 9.78 Å². The monoisotopic (exact) mass is 288 g/mol. The summed E-state index contributed by atoms with van der Waals surface area (Å²) in [5, 5.41) is 8.99. The van der Waals surface area contributed by atoms with E-state index in [0.717, 1.165) is 22.8 Å². The summed E-state index contributed by atoms with van der Waals surface area (Å²) in [5.74, 6) is -2.80. The van der Waals surface area contributed by atoms with E-state index in [4.69, 9.17) is 5.11 Å². The van der Waals surface area contributed by atoms with E-state index in [2.05, 4.69) is 4.98 Å². The van der Waals surface area contributed by atoms with E-state index in [9.17, 15) is 17.6 Å². The van der Waals surface area contributed by atoms with Crippen LogP contribution in [-0.2, 0) is 14.8 Å². The lowest BCUT2D eigenvalue weighted by Gasteiger charge is -2.15. The molecule has 6 nitrogen and oxygen atoms in total. The van der Waals surface area contributed by atoms with E-state index in [-0.39, 0.29) is 23.9 Å². The third kappa shape index (κ3) is 2.59. The number of rotatable bonds is 3. The maximum atomic E-state index is 13.0. The number of sulfonamides is 1. The Bertz CT molecular complexity index is 604. The molecule has 1 N–H and O–H groups in total. The van der Waals surface area contributed by atoms with Crippen molar-refractivity contribution in [3.05, 3.63) is 24.3 Å². The summed E-state index contributed by atoms with van der Waals surface area (Å²) in [6.45, 7) is 1.68. The third-order valence-corrected chi connectivity index (χ3v) is 5.01. The Labute approximate surface area is 109 Å². The van der Waals surface area contributed by atoms with Crippen LogP contribution in [0.3, 0.4) is 0 Å². The molecule has 0 radical (unpaired) electrons. The van der Waals surface area contributed by atoms with Crippen LogP contribution in [0, 0.1) is 17.7 Å². The highest BCUT2D eigenvalue weighted by molar-refractivity contribution is 7.89. The molecule has 0 unspecified atom stereocenters. The molecular formula is C11H13FN2O4S. The van der Waals surface area contributed by atoms with E-state index in [1.165, 1.54) is 0 Å². The van der Waals surface area contributed by atoms with Gasteiger partial charge >= 0.3 is 5.97 Å². The number of aromatic nitrogens is 1. The Hall–Kier alpha value is -1.54. The van der Waals surface area contributed by atoms with Crippen LogP contribution in [0.5, 0.6) is 0 Å². The molecule has 2 atom stereocenters. The normalized spacial score (nSPS) is 24.5. The van der Waals surface area contributed by atoms with Crippen molar-refractivity contribution >= 4 is 16.0 Å². The number of carbonyl (C=O) groups is 1. The van der Waals surface area contributed by atoms with Gasteiger partial charge in [-0.05, 0) is 12.0 Å². The Morgan fingerprint density at radius 1 is 1.47 bits per heavy atom. The van der Waals surface area contributed by atoms with Gasteiger partial charge < -0.3 is 5.11 Å². The van der Waals surface area contributed by atoms with Crippen LogP contribution in [0.1, 0.15) is 6.92 Å². The minimum Gasteiger partial charge on any atom is -0.481 e. The van der Waals surface area contributed by atoms with Gasteiger partial charge in [-0.2, -0.15) is 4.31 Å². The van der Waals surface area contributed by atoms with E-state index >= 15 is 0 Å². The Kier molecular flexibility index (Phi) is 3.55. The molecule has 1 saturated heterocycles. The predicted molar refractivity (Wildman–Crippen MR) is 63.2 cm³/mol. The fraction of sp³-hybridized carbons (Fsp3) is 0.455. The smallest absolute Gasteiger partial charge is 0.308 e. The lowest BCUT2D eigenvalue weighted by Crippen LogP contribution is -2.30. The van der Waals surface area contributed by atoms with Crippen LogP contribution in [0.15, 0.2) is 23.4 Å². The summed E-state index contributed by atoms with van der Waals surface area (Å²) in [5.41, 5.74) is 0. The van der Waals surface area contributed by atoms with Gasteiger partial charge in [0.25, 0.3) is 0 Å². The second kappa shape index (κ2) is 4.86. The second-order valence-corrected chi connectivity index (χ2v) is 6.52. The molecule has 2 heterocycles. The minimum atomic E-state index is -3.89. The first kappa shape index (κ1) is 13.9. The number of aliphatic carboxylic acids is 1. The lowest BCUT2D eigenvalue weighted by atomic mass is 9.99. The van der Waals surface area contributed by atoms with Crippen molar-refractivity contribution < 1.29 is 22.7 Å². The number of carboxylic acid groups (broad SMARTS) is 1. The SMILES string of the molecule is C[C@@H]1CN(S(=O)(=O)c2cncc(F)c2)C[C@H]1C(=O)O. The zero-order chi connectivity index (χ0) is 14.2. The largest absolute Gasteiger partial charge is 0.481 e. The Balaban J connectivity index is 2.30. The van der Waals surface area contributed by atoms with Gasteiger partial charge in [-0.15, -0.1) is 0 Å². The summed E-state index contributed by atoms with van der Waals surface area (Å²) in [4.78, 5) is 14.2. The highest BCUT2D eigenvalue weighted by Crippen LogP contribution is 2.28. The highest BCUT2D eigenvalue weighted by atomic mass is 32.2. The first-order chi connectivity index (χ1) is 8.82. The predicted octanol–water partition coefficient (Wildman–Crippen LogP) is 0.562. The number of nitrogens with zero attached hydrogens (tertiary/aromatic N) is 2. The number of hydrogen-bond acceptors (Lipinski definition) is 4. The number of carboxylic acids is 1. The fourth-order valence-electron chi connectivity index (χ4n) is 2.12. The van der Waals surface area contributed by atoms with Crippen molar-refractivity contribution in [2.45, 2.75) is 11.8 Å². The minimum absolute atomic E-state index is 0.102. The highest BCUT2D eigenvalue weighted by Gasteiger charge is 2.40. The summed E-state index contributed by atoms with van der Waals surface area (Å²) in [7, 11) is -3.89. The lowest BCUT2D eigenvalue weighted by molar-refractivity contribution is -0.142. The molecule has 1 aromatic heterocycles. The van der Waals surface area contributed by atoms with Gasteiger partial charge in [0.2, 0.25) is 10.0 Å². The zero-order valence-corrected chi connectivity index (χ0v) is 11.0. The molecule has 19 heavy (non-hydrogen) atoms. The van der Waals surface area contributed by atoms with Crippen LogP contribution in [-0.4, -0.2) is 41.9 Å². The Morgan fingerprint density at radius 3 is 2.68 bits per heavy atom. The third-order valence-electron chi connectivity index (χ3n) is 3.21. The summed E-state index contributed by atoms with van der Waals surface area (Å²) >= 11 is 0. The summed E-state index contributed by atoms with van der Waals surface area (Å²) < 4.78 is 38.5. The number of halogens is 1. The van der Waals surface area contributed by atoms with Gasteiger partial charge in [0.15, 0.2) is 0 Å². The molecule has 104 valence electrons. The molecule has 0 bridgehead atoms. The van der Waals surface area contributed by atoms with Crippen LogP contribution in [0.4, 0.5) is 4.39 Å². The van der Waals surface area contributed by atoms with Crippen molar-refractivity contribution in [1.29, 1.82) is 0 Å². The van der Waals surface area contributed by atoms with Crippen molar-refractivity contribution in [3.63, 3.8) is 0 Å². The first-order valence-electron chi connectivity index (χ1n) is 5.66.